The second kappa shape index (κ2) is 5.77. The van der Waals surface area contributed by atoms with Crippen LogP contribution in [0.5, 0.6) is 0 Å². The fourth-order valence-electron chi connectivity index (χ4n) is 5.44. The molecule has 1 heterocycles. The van der Waals surface area contributed by atoms with Crippen LogP contribution in [-0.4, -0.2) is 17.4 Å². The quantitative estimate of drug-likeness (QED) is 0.621. The van der Waals surface area contributed by atoms with Gasteiger partial charge in [-0.05, 0) is 67.6 Å². The van der Waals surface area contributed by atoms with Crippen molar-refractivity contribution in [2.45, 2.75) is 72.0 Å². The van der Waals surface area contributed by atoms with E-state index in [1.54, 1.807) is 0 Å². The average molecular weight is 318 g/mol. The molecule has 3 heteroatoms. The largest absolute Gasteiger partial charge is 0.429 e. The highest BCUT2D eigenvalue weighted by molar-refractivity contribution is 5.85. The fraction of sp³-hybridized carbons (Fsp3) is 0.750. The fourth-order valence-corrected chi connectivity index (χ4v) is 5.44. The number of carbonyl (C=O) groups is 1. The molecule has 1 aliphatic heterocycles. The normalized spacial score (nSPS) is 43.8. The van der Waals surface area contributed by atoms with Gasteiger partial charge in [0.25, 0.3) is 0 Å². The Kier molecular flexibility index (Phi) is 4.20. The SMILES string of the molecule is C=C1CCC[C@H]2[C@@](C)(CCC3=CC(=O)O[C@H]3O)[C@H](C)CC[C@@]12C. The second-order valence-corrected chi connectivity index (χ2v) is 8.42. The van der Waals surface area contributed by atoms with E-state index in [2.05, 4.69) is 27.4 Å². The van der Waals surface area contributed by atoms with E-state index in [0.29, 0.717) is 11.8 Å². The van der Waals surface area contributed by atoms with Crippen LogP contribution in [0.15, 0.2) is 23.8 Å². The van der Waals surface area contributed by atoms with Crippen molar-refractivity contribution in [1.29, 1.82) is 0 Å². The molecule has 23 heavy (non-hydrogen) atoms. The van der Waals surface area contributed by atoms with Gasteiger partial charge in [-0.25, -0.2) is 4.79 Å². The Morgan fingerprint density at radius 3 is 2.78 bits per heavy atom. The topological polar surface area (TPSA) is 46.5 Å². The number of cyclic esters (lactones) is 1. The first-order valence-corrected chi connectivity index (χ1v) is 9.05. The van der Waals surface area contributed by atoms with Gasteiger partial charge in [0.1, 0.15) is 0 Å². The smallest absolute Gasteiger partial charge is 0.333 e. The molecule has 3 aliphatic rings. The van der Waals surface area contributed by atoms with E-state index >= 15 is 0 Å². The van der Waals surface area contributed by atoms with Crippen LogP contribution in [0.4, 0.5) is 0 Å². The molecule has 0 spiro atoms. The molecule has 2 fully saturated rings. The summed E-state index contributed by atoms with van der Waals surface area (Å²) in [7, 11) is 0. The number of ether oxygens (including phenoxy) is 1. The van der Waals surface area contributed by atoms with Crippen LogP contribution >= 0.6 is 0 Å². The van der Waals surface area contributed by atoms with Gasteiger partial charge in [0.2, 0.25) is 6.29 Å². The molecule has 0 aromatic heterocycles. The first-order valence-electron chi connectivity index (χ1n) is 9.05. The predicted octanol–water partition coefficient (Wildman–Crippen LogP) is 4.37. The lowest BCUT2D eigenvalue weighted by molar-refractivity contribution is -0.151. The zero-order valence-corrected chi connectivity index (χ0v) is 14.7. The Bertz CT molecular complexity index is 549. The number of esters is 1. The zero-order chi connectivity index (χ0) is 16.8. The van der Waals surface area contributed by atoms with E-state index in [0.717, 1.165) is 18.4 Å². The van der Waals surface area contributed by atoms with Gasteiger partial charge in [-0.3, -0.25) is 0 Å². The van der Waals surface area contributed by atoms with E-state index in [4.69, 9.17) is 4.74 Å². The van der Waals surface area contributed by atoms with Gasteiger partial charge in [-0.2, -0.15) is 0 Å². The Morgan fingerprint density at radius 1 is 1.39 bits per heavy atom. The lowest BCUT2D eigenvalue weighted by Gasteiger charge is -2.59. The Labute approximate surface area is 139 Å². The first kappa shape index (κ1) is 16.8. The summed E-state index contributed by atoms with van der Waals surface area (Å²) in [6.45, 7) is 11.6. The lowest BCUT2D eigenvalue weighted by Crippen LogP contribution is -2.50. The summed E-state index contributed by atoms with van der Waals surface area (Å²) in [4.78, 5) is 11.3. The van der Waals surface area contributed by atoms with Crippen LogP contribution in [0.1, 0.15) is 65.7 Å². The van der Waals surface area contributed by atoms with Crippen molar-refractivity contribution in [2.24, 2.45) is 22.7 Å². The molecule has 0 unspecified atom stereocenters. The van der Waals surface area contributed by atoms with Gasteiger partial charge in [0.05, 0.1) is 0 Å². The van der Waals surface area contributed by atoms with Gasteiger partial charge in [0.15, 0.2) is 0 Å². The summed E-state index contributed by atoms with van der Waals surface area (Å²) < 4.78 is 4.83. The standard InChI is InChI=1S/C20H30O3/c1-13-6-5-7-16-19(13,3)10-8-14(2)20(16,4)11-9-15-12-17(21)23-18(15)22/h12,14,16,18,22H,1,5-11H2,2-4H3/t14-,16-,18-,19+,20+/m1/s1. The minimum absolute atomic E-state index is 0.225. The maximum atomic E-state index is 11.3. The van der Waals surface area contributed by atoms with Gasteiger partial charge >= 0.3 is 5.97 Å². The van der Waals surface area contributed by atoms with Gasteiger partial charge in [-0.15, -0.1) is 0 Å². The van der Waals surface area contributed by atoms with Crippen molar-refractivity contribution < 1.29 is 14.6 Å². The Hall–Kier alpha value is -1.09. The molecule has 3 rings (SSSR count). The van der Waals surface area contributed by atoms with Gasteiger partial charge < -0.3 is 9.84 Å². The molecule has 0 aromatic carbocycles. The van der Waals surface area contributed by atoms with Crippen LogP contribution in [-0.2, 0) is 9.53 Å². The molecular weight excluding hydrogens is 288 g/mol. The minimum Gasteiger partial charge on any atom is -0.429 e. The first-order chi connectivity index (χ1) is 10.8. The molecule has 0 aromatic rings. The monoisotopic (exact) mass is 318 g/mol. The van der Waals surface area contributed by atoms with Crippen LogP contribution in [0.3, 0.4) is 0 Å². The highest BCUT2D eigenvalue weighted by Gasteiger charge is 2.53. The number of allylic oxidation sites excluding steroid dienone is 1. The molecule has 0 radical (unpaired) electrons. The van der Waals surface area contributed by atoms with E-state index in [9.17, 15) is 9.90 Å². The summed E-state index contributed by atoms with van der Waals surface area (Å²) >= 11 is 0. The molecule has 128 valence electrons. The van der Waals surface area contributed by atoms with Gasteiger partial charge in [-0.1, -0.05) is 32.9 Å². The summed E-state index contributed by atoms with van der Waals surface area (Å²) in [6, 6.07) is 0. The number of rotatable bonds is 3. The molecule has 0 amide bonds. The third-order valence-corrected chi connectivity index (χ3v) is 7.37. The molecule has 2 saturated carbocycles. The average Bonchev–Trinajstić information content (AvgIpc) is 2.82. The Balaban J connectivity index is 1.81. The number of aliphatic hydroxyl groups excluding tert-OH is 1. The number of carbonyl (C=O) groups excluding carboxylic acids is 1. The molecule has 0 bridgehead atoms. The molecule has 0 saturated heterocycles. The maximum absolute atomic E-state index is 11.3. The van der Waals surface area contributed by atoms with Gasteiger partial charge in [0, 0.05) is 11.6 Å². The van der Waals surface area contributed by atoms with E-state index in [-0.39, 0.29) is 10.8 Å². The maximum Gasteiger partial charge on any atom is 0.333 e. The number of aliphatic hydroxyl groups is 1. The molecule has 5 atom stereocenters. The predicted molar refractivity (Wildman–Crippen MR) is 90.5 cm³/mol. The summed E-state index contributed by atoms with van der Waals surface area (Å²) in [5.41, 5.74) is 2.66. The lowest BCUT2D eigenvalue weighted by atomic mass is 9.46. The number of hydrogen-bond donors (Lipinski definition) is 1. The molecule has 1 N–H and O–H groups in total. The van der Waals surface area contributed by atoms with Crippen molar-refractivity contribution in [3.05, 3.63) is 23.8 Å². The van der Waals surface area contributed by atoms with Crippen LogP contribution in [0.25, 0.3) is 0 Å². The van der Waals surface area contributed by atoms with Crippen molar-refractivity contribution in [3.8, 4) is 0 Å². The summed E-state index contributed by atoms with van der Waals surface area (Å²) in [6.07, 6.45) is 8.36. The van der Waals surface area contributed by atoms with Crippen molar-refractivity contribution >= 4 is 5.97 Å². The third kappa shape index (κ3) is 2.67. The number of hydrogen-bond acceptors (Lipinski definition) is 3. The zero-order valence-electron chi connectivity index (χ0n) is 14.7. The summed E-state index contributed by atoms with van der Waals surface area (Å²) in [5.74, 6) is 0.892. The Morgan fingerprint density at radius 2 is 2.13 bits per heavy atom. The van der Waals surface area contributed by atoms with Crippen molar-refractivity contribution in [3.63, 3.8) is 0 Å². The van der Waals surface area contributed by atoms with Crippen LogP contribution in [0, 0.1) is 22.7 Å². The van der Waals surface area contributed by atoms with E-state index in [1.165, 1.54) is 43.8 Å². The van der Waals surface area contributed by atoms with Crippen molar-refractivity contribution in [1.82, 2.24) is 0 Å². The molecule has 2 aliphatic carbocycles. The third-order valence-electron chi connectivity index (χ3n) is 7.37. The highest BCUT2D eigenvalue weighted by atomic mass is 16.6. The van der Waals surface area contributed by atoms with Crippen LogP contribution in [0.2, 0.25) is 0 Å². The second-order valence-electron chi connectivity index (χ2n) is 8.42. The highest BCUT2D eigenvalue weighted by Crippen LogP contribution is 2.62. The van der Waals surface area contributed by atoms with Crippen molar-refractivity contribution in [2.75, 3.05) is 0 Å². The van der Waals surface area contributed by atoms with Crippen LogP contribution < -0.4 is 0 Å². The molecular formula is C20H30O3. The minimum atomic E-state index is -1.03. The number of fused-ring (bicyclic) bond motifs is 1. The summed E-state index contributed by atoms with van der Waals surface area (Å²) in [5, 5.41) is 9.84. The van der Waals surface area contributed by atoms with E-state index in [1.807, 2.05) is 0 Å². The molecule has 3 nitrogen and oxygen atoms in total. The van der Waals surface area contributed by atoms with E-state index < -0.39 is 12.3 Å².